The highest BCUT2D eigenvalue weighted by atomic mass is 32.2. The minimum Gasteiger partial charge on any atom is -0.468 e. The van der Waals surface area contributed by atoms with Gasteiger partial charge in [-0.15, -0.1) is 0 Å². The number of hydrogen-bond acceptors (Lipinski definition) is 7. The summed E-state index contributed by atoms with van der Waals surface area (Å²) in [5.41, 5.74) is -0.633. The second-order valence-corrected chi connectivity index (χ2v) is 6.83. The van der Waals surface area contributed by atoms with Crippen molar-refractivity contribution < 1.29 is 9.53 Å². The van der Waals surface area contributed by atoms with Crippen LogP contribution in [-0.4, -0.2) is 37.4 Å². The van der Waals surface area contributed by atoms with E-state index >= 15 is 0 Å². The van der Waals surface area contributed by atoms with E-state index in [9.17, 15) is 14.4 Å². The summed E-state index contributed by atoms with van der Waals surface area (Å²) in [4.78, 5) is 45.7. The zero-order valence-electron chi connectivity index (χ0n) is 15.0. The number of hydrogen-bond donors (Lipinski definition) is 0. The summed E-state index contributed by atoms with van der Waals surface area (Å²) in [6, 6.07) is 0. The van der Waals surface area contributed by atoms with Crippen LogP contribution in [0, 0.1) is 0 Å². The first-order valence-electron chi connectivity index (χ1n) is 8.06. The molecule has 2 rings (SSSR count). The fourth-order valence-corrected chi connectivity index (χ4v) is 3.54. The highest BCUT2D eigenvalue weighted by Crippen LogP contribution is 2.28. The van der Waals surface area contributed by atoms with Crippen LogP contribution in [0.5, 0.6) is 0 Å². The van der Waals surface area contributed by atoms with E-state index in [-0.39, 0.29) is 17.0 Å². The second kappa shape index (κ2) is 7.81. The molecule has 0 saturated carbocycles. The summed E-state index contributed by atoms with van der Waals surface area (Å²) >= 11 is 1.17. The molecule has 9 heteroatoms. The molecule has 0 amide bonds. The molecule has 0 spiro atoms. The van der Waals surface area contributed by atoms with Gasteiger partial charge in [0.2, 0.25) is 0 Å². The van der Waals surface area contributed by atoms with Gasteiger partial charge in [0.1, 0.15) is 21.5 Å². The van der Waals surface area contributed by atoms with Crippen molar-refractivity contribution in [2.45, 2.75) is 43.4 Å². The van der Waals surface area contributed by atoms with E-state index in [2.05, 4.69) is 9.97 Å². The zero-order valence-corrected chi connectivity index (χ0v) is 15.8. The van der Waals surface area contributed by atoms with Gasteiger partial charge in [-0.1, -0.05) is 25.6 Å². The lowest BCUT2D eigenvalue weighted by atomic mass is 10.3. The van der Waals surface area contributed by atoms with Crippen molar-refractivity contribution in [2.24, 2.45) is 14.1 Å². The number of rotatable bonds is 6. The minimum absolute atomic E-state index is 0.247. The van der Waals surface area contributed by atoms with Crippen LogP contribution in [0.25, 0.3) is 11.0 Å². The molecule has 8 nitrogen and oxygen atoms in total. The third kappa shape index (κ3) is 3.60. The highest BCUT2D eigenvalue weighted by Gasteiger charge is 2.24. The van der Waals surface area contributed by atoms with Crippen LogP contribution >= 0.6 is 11.8 Å². The molecule has 2 heterocycles. The third-order valence-corrected chi connectivity index (χ3v) is 5.20. The molecule has 0 aliphatic heterocycles. The van der Waals surface area contributed by atoms with Crippen molar-refractivity contribution in [1.82, 2.24) is 19.1 Å². The number of aromatic nitrogens is 4. The van der Waals surface area contributed by atoms with E-state index in [0.717, 1.165) is 11.0 Å². The van der Waals surface area contributed by atoms with Gasteiger partial charge in [-0.05, 0) is 12.8 Å². The maximum Gasteiger partial charge on any atom is 0.332 e. The Morgan fingerprint density at radius 3 is 2.44 bits per heavy atom. The van der Waals surface area contributed by atoms with Crippen LogP contribution in [0.15, 0.2) is 14.6 Å². The predicted molar refractivity (Wildman–Crippen MR) is 96.0 cm³/mol. The smallest absolute Gasteiger partial charge is 0.332 e. The van der Waals surface area contributed by atoms with Crippen molar-refractivity contribution in [3.63, 3.8) is 0 Å². The first-order valence-corrected chi connectivity index (χ1v) is 8.94. The van der Waals surface area contributed by atoms with Crippen LogP contribution in [0.1, 0.15) is 32.5 Å². The SMILES string of the molecule is CCCc1nc(S[C@@H](CC)C(=O)OC)c2c(=O)n(C)c(=O)n(C)c2n1. The van der Waals surface area contributed by atoms with Crippen LogP contribution in [-0.2, 0) is 30.0 Å². The van der Waals surface area contributed by atoms with Crippen molar-refractivity contribution in [3.05, 3.63) is 26.7 Å². The van der Waals surface area contributed by atoms with Crippen LogP contribution < -0.4 is 11.2 Å². The number of methoxy groups -OCH3 is 1. The first-order chi connectivity index (χ1) is 11.8. The molecule has 25 heavy (non-hydrogen) atoms. The molecule has 2 aromatic rings. The zero-order chi connectivity index (χ0) is 18.7. The normalized spacial score (nSPS) is 12.4. The molecule has 0 unspecified atom stereocenters. The minimum atomic E-state index is -0.487. The lowest BCUT2D eigenvalue weighted by molar-refractivity contribution is -0.140. The summed E-state index contributed by atoms with van der Waals surface area (Å²) in [5, 5.41) is 0.165. The number of esters is 1. The van der Waals surface area contributed by atoms with Gasteiger partial charge in [0, 0.05) is 20.5 Å². The Balaban J connectivity index is 2.78. The van der Waals surface area contributed by atoms with Gasteiger partial charge >= 0.3 is 11.7 Å². The number of carbonyl (C=O) groups excluding carboxylic acids is 1. The van der Waals surface area contributed by atoms with E-state index in [1.807, 2.05) is 13.8 Å². The Labute approximate surface area is 149 Å². The van der Waals surface area contributed by atoms with Gasteiger partial charge in [0.05, 0.1) is 7.11 Å². The van der Waals surface area contributed by atoms with Crippen molar-refractivity contribution in [3.8, 4) is 0 Å². The molecule has 0 saturated heterocycles. The largest absolute Gasteiger partial charge is 0.468 e. The molecule has 0 aliphatic rings. The number of fused-ring (bicyclic) bond motifs is 1. The number of ether oxygens (including phenoxy) is 1. The maximum atomic E-state index is 12.6. The van der Waals surface area contributed by atoms with Crippen LogP contribution in [0.3, 0.4) is 0 Å². The highest BCUT2D eigenvalue weighted by molar-refractivity contribution is 8.00. The Morgan fingerprint density at radius 1 is 1.20 bits per heavy atom. The predicted octanol–water partition coefficient (Wildman–Crippen LogP) is 1.02. The number of thioether (sulfide) groups is 1. The van der Waals surface area contributed by atoms with Gasteiger partial charge in [0.15, 0.2) is 5.65 Å². The molecule has 0 N–H and O–H groups in total. The van der Waals surface area contributed by atoms with Crippen molar-refractivity contribution in [2.75, 3.05) is 7.11 Å². The van der Waals surface area contributed by atoms with E-state index in [1.165, 1.54) is 30.5 Å². The Bertz CT molecular complexity index is 919. The number of nitrogens with zero attached hydrogens (tertiary/aromatic N) is 4. The van der Waals surface area contributed by atoms with Gasteiger partial charge < -0.3 is 4.74 Å². The topological polar surface area (TPSA) is 96.1 Å². The standard InChI is InChI=1S/C16H22N4O4S/c1-6-8-10-17-12-11(14(21)20(4)16(23)19(12)3)13(18-10)25-9(7-2)15(22)24-5/h9H,6-8H2,1-5H3/t9-/m0/s1. The summed E-state index contributed by atoms with van der Waals surface area (Å²) in [6.45, 7) is 3.85. The number of aryl methyl sites for hydroxylation is 2. The molecule has 0 aromatic carbocycles. The molecular weight excluding hydrogens is 344 g/mol. The average molecular weight is 366 g/mol. The Morgan fingerprint density at radius 2 is 1.88 bits per heavy atom. The quantitative estimate of drug-likeness (QED) is 0.428. The van der Waals surface area contributed by atoms with Crippen molar-refractivity contribution >= 4 is 28.8 Å². The van der Waals surface area contributed by atoms with Crippen LogP contribution in [0.4, 0.5) is 0 Å². The molecule has 0 bridgehead atoms. The molecule has 136 valence electrons. The summed E-state index contributed by atoms with van der Waals surface area (Å²) < 4.78 is 7.18. The second-order valence-electron chi connectivity index (χ2n) is 5.64. The van der Waals surface area contributed by atoms with Gasteiger partial charge in [-0.2, -0.15) is 0 Å². The summed E-state index contributed by atoms with van der Waals surface area (Å²) in [7, 11) is 4.31. The van der Waals surface area contributed by atoms with E-state index in [1.54, 1.807) is 7.05 Å². The summed E-state index contributed by atoms with van der Waals surface area (Å²) in [5.74, 6) is 0.165. The maximum absolute atomic E-state index is 12.6. The lowest BCUT2D eigenvalue weighted by Crippen LogP contribution is -2.38. The molecule has 0 radical (unpaired) electrons. The number of carbonyl (C=O) groups is 1. The van der Waals surface area contributed by atoms with Crippen LogP contribution in [0.2, 0.25) is 0 Å². The lowest BCUT2D eigenvalue weighted by Gasteiger charge is -2.15. The van der Waals surface area contributed by atoms with E-state index in [0.29, 0.717) is 23.7 Å². The molecule has 0 aliphatic carbocycles. The fraction of sp³-hybridized carbons (Fsp3) is 0.562. The first kappa shape index (κ1) is 19.2. The molecule has 1 atom stereocenters. The monoisotopic (exact) mass is 366 g/mol. The average Bonchev–Trinajstić information content (AvgIpc) is 2.61. The third-order valence-electron chi connectivity index (χ3n) is 3.88. The van der Waals surface area contributed by atoms with Gasteiger partial charge in [0.25, 0.3) is 5.56 Å². The Kier molecular flexibility index (Phi) is 5.99. The molecule has 0 fully saturated rings. The van der Waals surface area contributed by atoms with Gasteiger partial charge in [-0.3, -0.25) is 18.7 Å². The van der Waals surface area contributed by atoms with Crippen molar-refractivity contribution in [1.29, 1.82) is 0 Å². The Hall–Kier alpha value is -2.16. The van der Waals surface area contributed by atoms with E-state index in [4.69, 9.17) is 4.74 Å². The molecule has 2 aromatic heterocycles. The summed E-state index contributed by atoms with van der Waals surface area (Å²) in [6.07, 6.45) is 1.96. The fourth-order valence-electron chi connectivity index (χ4n) is 2.46. The van der Waals surface area contributed by atoms with E-state index < -0.39 is 16.5 Å². The molecular formula is C16H22N4O4S. The van der Waals surface area contributed by atoms with Gasteiger partial charge in [-0.25, -0.2) is 14.8 Å².